The van der Waals surface area contributed by atoms with Crippen molar-refractivity contribution >= 4 is 43.6 Å². The van der Waals surface area contributed by atoms with Gasteiger partial charge >= 0.3 is 6.09 Å². The first-order valence-electron chi connectivity index (χ1n) is 22.8. The molecular weight excluding hydrogens is 864 g/mol. The standard InChI is InChI=1S/C54H51FN6O5S/c1-5-67(64,65)52-56-49-43(51(57-52)59(4)41-28-29-60(32-41)53(62)63)30-42(37-26-27-37)48(50(49)66-35(3)36-18-10-6-11-19-36)47-34(2)45(55)31-46-44(47)33-61(58-46)54(38-20-12-7-13-21-38,39-22-14-8-15-23-39)40-24-16-9-17-25-40/h6-25,30-31,33,35,37,41H,5,26-29,32H2,1-4H3,(H,62,63)/t35-,41-/m0/s1. The maximum Gasteiger partial charge on any atom is 0.407 e. The van der Waals surface area contributed by atoms with Crippen LogP contribution in [-0.4, -0.2) is 76.2 Å². The molecule has 0 spiro atoms. The highest BCUT2D eigenvalue weighted by Crippen LogP contribution is 2.54. The van der Waals surface area contributed by atoms with E-state index >= 15 is 4.39 Å². The Bertz CT molecular complexity index is 3160. The summed E-state index contributed by atoms with van der Waals surface area (Å²) in [6, 6.07) is 43.5. The van der Waals surface area contributed by atoms with E-state index in [1.54, 1.807) is 13.8 Å². The van der Waals surface area contributed by atoms with Crippen molar-refractivity contribution in [3.05, 3.63) is 179 Å². The maximum atomic E-state index is 17.0. The van der Waals surface area contributed by atoms with E-state index in [-0.39, 0.29) is 34.9 Å². The second-order valence-electron chi connectivity index (χ2n) is 17.7. The molecule has 13 heteroatoms. The van der Waals surface area contributed by atoms with Gasteiger partial charge in [0, 0.05) is 60.3 Å². The Hall–Kier alpha value is -7.12. The summed E-state index contributed by atoms with van der Waals surface area (Å²) >= 11 is 0. The number of benzene rings is 6. The SMILES string of the molecule is CCS(=O)(=O)c1nc(N(C)[C@H]2CCN(C(=O)O)C2)c2cc(C3CC3)c(-c3c(C)c(F)cc4nn(C(c5ccccc5)(c5ccccc5)c5ccccc5)cc34)c(O[C@@H](C)c3ccccc3)c2n1. The molecule has 2 atom stereocenters. The van der Waals surface area contributed by atoms with Crippen molar-refractivity contribution in [3.8, 4) is 16.9 Å². The van der Waals surface area contributed by atoms with Gasteiger partial charge in [-0.05, 0) is 78.5 Å². The summed E-state index contributed by atoms with van der Waals surface area (Å²) in [5.41, 5.74) is 5.89. The Morgan fingerprint density at radius 2 is 1.43 bits per heavy atom. The third-order valence-electron chi connectivity index (χ3n) is 13.7. The minimum Gasteiger partial charge on any atom is -0.483 e. The molecule has 340 valence electrons. The highest BCUT2D eigenvalue weighted by Gasteiger charge is 2.41. The number of likely N-dealkylation sites (tertiary alicyclic amines) is 1. The second kappa shape index (κ2) is 17.3. The molecule has 0 unspecified atom stereocenters. The number of sulfone groups is 1. The van der Waals surface area contributed by atoms with Gasteiger partial charge in [0.1, 0.15) is 28.8 Å². The van der Waals surface area contributed by atoms with Gasteiger partial charge in [0.15, 0.2) is 5.75 Å². The molecule has 0 radical (unpaired) electrons. The molecule has 3 heterocycles. The van der Waals surface area contributed by atoms with E-state index in [0.717, 1.165) is 40.7 Å². The Kier molecular flexibility index (Phi) is 11.3. The molecule has 1 aliphatic carbocycles. The maximum absolute atomic E-state index is 17.0. The number of nitrogens with zero attached hydrogens (tertiary/aromatic N) is 6. The molecule has 1 saturated heterocycles. The molecule has 1 amide bonds. The van der Waals surface area contributed by atoms with Gasteiger partial charge in [-0.3, -0.25) is 4.68 Å². The van der Waals surface area contributed by atoms with Crippen LogP contribution in [0.25, 0.3) is 32.9 Å². The quantitative estimate of drug-likeness (QED) is 0.0887. The van der Waals surface area contributed by atoms with Crippen molar-refractivity contribution in [3.63, 3.8) is 0 Å². The number of carboxylic acid groups (broad SMARTS) is 1. The zero-order chi connectivity index (χ0) is 46.6. The fraction of sp³-hybridized carbons (Fsp3) is 0.259. The van der Waals surface area contributed by atoms with Gasteiger partial charge in [0.05, 0.1) is 11.3 Å². The first-order valence-corrected chi connectivity index (χ1v) is 24.5. The van der Waals surface area contributed by atoms with Gasteiger partial charge in [-0.2, -0.15) is 5.10 Å². The monoisotopic (exact) mass is 914 g/mol. The summed E-state index contributed by atoms with van der Waals surface area (Å²) in [4.78, 5) is 25.0. The Balaban J connectivity index is 1.31. The Labute approximate surface area is 389 Å². The van der Waals surface area contributed by atoms with Gasteiger partial charge in [-0.25, -0.2) is 27.6 Å². The van der Waals surface area contributed by atoms with Crippen molar-refractivity contribution in [2.45, 2.75) is 68.8 Å². The highest BCUT2D eigenvalue weighted by molar-refractivity contribution is 7.91. The number of ether oxygens (including phenoxy) is 1. The number of hydrogen-bond donors (Lipinski definition) is 1. The Morgan fingerprint density at radius 1 is 0.851 bits per heavy atom. The number of anilines is 1. The average molecular weight is 915 g/mol. The normalized spacial score (nSPS) is 15.8. The second-order valence-corrected chi connectivity index (χ2v) is 19.9. The summed E-state index contributed by atoms with van der Waals surface area (Å²) in [6.45, 7) is 5.81. The van der Waals surface area contributed by atoms with Crippen molar-refractivity contribution in [2.24, 2.45) is 0 Å². The Morgan fingerprint density at radius 3 is 1.97 bits per heavy atom. The van der Waals surface area contributed by atoms with Crippen molar-refractivity contribution in [1.29, 1.82) is 0 Å². The first kappa shape index (κ1) is 43.8. The third kappa shape index (κ3) is 7.64. The first-order chi connectivity index (χ1) is 32.4. The van der Waals surface area contributed by atoms with Gasteiger partial charge in [-0.1, -0.05) is 128 Å². The molecule has 8 aromatic rings. The van der Waals surface area contributed by atoms with E-state index in [1.165, 1.54) is 11.0 Å². The van der Waals surface area contributed by atoms with Gasteiger partial charge in [0.2, 0.25) is 15.0 Å². The molecule has 67 heavy (non-hydrogen) atoms. The molecule has 2 aromatic heterocycles. The van der Waals surface area contributed by atoms with Crippen LogP contribution >= 0.6 is 0 Å². The third-order valence-corrected chi connectivity index (χ3v) is 15.2. The topological polar surface area (TPSA) is 131 Å². The summed E-state index contributed by atoms with van der Waals surface area (Å²) in [7, 11) is -2.18. The predicted octanol–water partition coefficient (Wildman–Crippen LogP) is 10.9. The van der Waals surface area contributed by atoms with E-state index in [0.29, 0.717) is 57.5 Å². The van der Waals surface area contributed by atoms with E-state index in [2.05, 4.69) is 36.4 Å². The summed E-state index contributed by atoms with van der Waals surface area (Å²) in [6.07, 6.45) is 2.69. The van der Waals surface area contributed by atoms with Gasteiger partial charge in [0.25, 0.3) is 0 Å². The number of hydrogen-bond acceptors (Lipinski definition) is 8. The van der Waals surface area contributed by atoms with Crippen LogP contribution in [0.3, 0.4) is 0 Å². The minimum absolute atomic E-state index is 0.0600. The fourth-order valence-electron chi connectivity index (χ4n) is 9.89. The zero-order valence-corrected chi connectivity index (χ0v) is 38.6. The smallest absolute Gasteiger partial charge is 0.407 e. The minimum atomic E-state index is -4.01. The van der Waals surface area contributed by atoms with E-state index in [1.807, 2.05) is 121 Å². The number of amides is 1. The van der Waals surface area contributed by atoms with E-state index < -0.39 is 33.4 Å². The molecule has 1 saturated carbocycles. The van der Waals surface area contributed by atoms with Crippen LogP contribution in [0.15, 0.2) is 145 Å². The lowest BCUT2D eigenvalue weighted by atomic mass is 9.77. The molecule has 1 aliphatic heterocycles. The summed E-state index contributed by atoms with van der Waals surface area (Å²) in [5, 5.41) is 16.1. The molecule has 6 aromatic carbocycles. The number of halogens is 1. The lowest BCUT2D eigenvalue weighted by Gasteiger charge is -2.36. The predicted molar refractivity (Wildman–Crippen MR) is 259 cm³/mol. The van der Waals surface area contributed by atoms with Crippen LogP contribution in [0.2, 0.25) is 0 Å². The molecule has 1 N–H and O–H groups in total. The van der Waals surface area contributed by atoms with Crippen LogP contribution in [0.1, 0.15) is 78.5 Å². The lowest BCUT2D eigenvalue weighted by Crippen LogP contribution is -2.38. The average Bonchev–Trinajstić information content (AvgIpc) is 3.93. The number of rotatable bonds is 13. The fourth-order valence-corrected chi connectivity index (χ4v) is 10.6. The molecule has 11 nitrogen and oxygen atoms in total. The number of aromatic nitrogens is 4. The molecule has 2 aliphatic rings. The van der Waals surface area contributed by atoms with Gasteiger partial charge in [-0.15, -0.1) is 0 Å². The van der Waals surface area contributed by atoms with Gasteiger partial charge < -0.3 is 19.6 Å². The van der Waals surface area contributed by atoms with Crippen LogP contribution in [-0.2, 0) is 15.4 Å². The molecular formula is C54H51FN6O5S. The summed E-state index contributed by atoms with van der Waals surface area (Å²) in [5.74, 6) is 0.0122. The number of fused-ring (bicyclic) bond motifs is 2. The molecule has 2 fully saturated rings. The van der Waals surface area contributed by atoms with E-state index in [4.69, 9.17) is 19.8 Å². The molecule has 0 bridgehead atoms. The van der Waals surface area contributed by atoms with Crippen molar-refractivity contribution < 1.29 is 27.4 Å². The van der Waals surface area contributed by atoms with Crippen molar-refractivity contribution in [1.82, 2.24) is 24.6 Å². The number of likely N-dealkylation sites (N-methyl/N-ethyl adjacent to an activating group) is 1. The van der Waals surface area contributed by atoms with Crippen LogP contribution in [0, 0.1) is 12.7 Å². The van der Waals surface area contributed by atoms with Crippen LogP contribution in [0.5, 0.6) is 5.75 Å². The largest absolute Gasteiger partial charge is 0.483 e. The van der Waals surface area contributed by atoms with Crippen LogP contribution in [0.4, 0.5) is 15.0 Å². The van der Waals surface area contributed by atoms with Crippen molar-refractivity contribution in [2.75, 3.05) is 30.8 Å². The van der Waals surface area contributed by atoms with Crippen LogP contribution < -0.4 is 9.64 Å². The number of carbonyl (C=O) groups is 1. The molecule has 10 rings (SSSR count). The zero-order valence-electron chi connectivity index (χ0n) is 37.8. The lowest BCUT2D eigenvalue weighted by molar-refractivity contribution is 0.155. The van der Waals surface area contributed by atoms with E-state index in [9.17, 15) is 18.3 Å². The summed E-state index contributed by atoms with van der Waals surface area (Å²) < 4.78 is 54.1. The highest BCUT2D eigenvalue weighted by atomic mass is 32.2.